The number of carbonyl (C=O) groups excluding carboxylic acids is 1. The standard InChI is InChI=1S/C18H25N3O2/c1-20(12-16-7-8-16)18(22)14-21(9-10-23-2)13-17-5-3-15(11-19)4-6-17/h3-6,16H,7-10,12-14H2,1-2H3. The lowest BCUT2D eigenvalue weighted by Crippen LogP contribution is -2.40. The first-order valence-corrected chi connectivity index (χ1v) is 8.06. The molecule has 0 heterocycles. The lowest BCUT2D eigenvalue weighted by molar-refractivity contribution is -0.131. The van der Waals surface area contributed by atoms with Gasteiger partial charge in [0.2, 0.25) is 5.91 Å². The second-order valence-electron chi connectivity index (χ2n) is 6.23. The van der Waals surface area contributed by atoms with Crippen molar-refractivity contribution in [3.05, 3.63) is 35.4 Å². The van der Waals surface area contributed by atoms with Gasteiger partial charge in [0.15, 0.2) is 0 Å². The maximum Gasteiger partial charge on any atom is 0.236 e. The van der Waals surface area contributed by atoms with Crippen LogP contribution in [0.15, 0.2) is 24.3 Å². The van der Waals surface area contributed by atoms with E-state index in [1.54, 1.807) is 7.11 Å². The van der Waals surface area contributed by atoms with Crippen molar-refractivity contribution in [2.75, 3.05) is 40.4 Å². The highest BCUT2D eigenvalue weighted by Gasteiger charge is 2.25. The predicted molar refractivity (Wildman–Crippen MR) is 88.7 cm³/mol. The highest BCUT2D eigenvalue weighted by molar-refractivity contribution is 5.78. The Balaban J connectivity index is 1.91. The third kappa shape index (κ3) is 6.01. The molecule has 1 aromatic rings. The van der Waals surface area contributed by atoms with Crippen molar-refractivity contribution in [2.45, 2.75) is 19.4 Å². The van der Waals surface area contributed by atoms with Crippen LogP contribution in [0, 0.1) is 17.2 Å². The van der Waals surface area contributed by atoms with Gasteiger partial charge < -0.3 is 9.64 Å². The number of likely N-dealkylation sites (N-methyl/N-ethyl adjacent to an activating group) is 1. The van der Waals surface area contributed by atoms with E-state index in [9.17, 15) is 4.79 Å². The Morgan fingerprint density at radius 3 is 2.61 bits per heavy atom. The van der Waals surface area contributed by atoms with Crippen LogP contribution in [0.3, 0.4) is 0 Å². The van der Waals surface area contributed by atoms with E-state index < -0.39 is 0 Å². The molecule has 5 nitrogen and oxygen atoms in total. The van der Waals surface area contributed by atoms with Crippen LogP contribution in [-0.4, -0.2) is 56.1 Å². The quantitative estimate of drug-likeness (QED) is 0.698. The summed E-state index contributed by atoms with van der Waals surface area (Å²) in [5, 5.41) is 8.86. The lowest BCUT2D eigenvalue weighted by atomic mass is 10.1. The SMILES string of the molecule is COCCN(CC(=O)N(C)CC1CC1)Cc1ccc(C#N)cc1. The topological polar surface area (TPSA) is 56.6 Å². The molecule has 1 aromatic carbocycles. The first-order valence-electron chi connectivity index (χ1n) is 8.06. The smallest absolute Gasteiger partial charge is 0.236 e. The zero-order valence-corrected chi connectivity index (χ0v) is 14.0. The van der Waals surface area contributed by atoms with Crippen LogP contribution in [0.1, 0.15) is 24.0 Å². The van der Waals surface area contributed by atoms with Gasteiger partial charge in [-0.1, -0.05) is 12.1 Å². The molecule has 0 unspecified atom stereocenters. The molecule has 5 heteroatoms. The van der Waals surface area contributed by atoms with E-state index in [1.807, 2.05) is 36.2 Å². The Hall–Kier alpha value is -1.90. The molecule has 1 amide bonds. The molecule has 0 aromatic heterocycles. The van der Waals surface area contributed by atoms with Gasteiger partial charge in [-0.3, -0.25) is 9.69 Å². The number of benzene rings is 1. The van der Waals surface area contributed by atoms with Gasteiger partial charge in [-0.2, -0.15) is 5.26 Å². The van der Waals surface area contributed by atoms with Crippen LogP contribution >= 0.6 is 0 Å². The monoisotopic (exact) mass is 315 g/mol. The summed E-state index contributed by atoms with van der Waals surface area (Å²) in [6, 6.07) is 9.62. The summed E-state index contributed by atoms with van der Waals surface area (Å²) in [6.45, 7) is 3.24. The van der Waals surface area contributed by atoms with Crippen molar-refractivity contribution >= 4 is 5.91 Å². The molecule has 124 valence electrons. The molecule has 1 aliphatic carbocycles. The summed E-state index contributed by atoms with van der Waals surface area (Å²) < 4.78 is 5.15. The van der Waals surface area contributed by atoms with Gasteiger partial charge in [-0.25, -0.2) is 0 Å². The van der Waals surface area contributed by atoms with Crippen molar-refractivity contribution < 1.29 is 9.53 Å². The second kappa shape index (κ2) is 8.66. The number of rotatable bonds is 9. The molecule has 0 aliphatic heterocycles. The van der Waals surface area contributed by atoms with Crippen LogP contribution in [0.4, 0.5) is 0 Å². The number of nitrogens with zero attached hydrogens (tertiary/aromatic N) is 3. The zero-order valence-electron chi connectivity index (χ0n) is 14.0. The maximum atomic E-state index is 12.4. The minimum absolute atomic E-state index is 0.154. The van der Waals surface area contributed by atoms with Crippen LogP contribution < -0.4 is 0 Å². The summed E-state index contributed by atoms with van der Waals surface area (Å²) in [7, 11) is 3.55. The summed E-state index contributed by atoms with van der Waals surface area (Å²) in [6.07, 6.45) is 2.49. The Morgan fingerprint density at radius 2 is 2.04 bits per heavy atom. The number of amides is 1. The fourth-order valence-corrected chi connectivity index (χ4v) is 2.48. The molecule has 23 heavy (non-hydrogen) atoms. The molecular formula is C18H25N3O2. The molecule has 0 bridgehead atoms. The van der Waals surface area contributed by atoms with E-state index in [0.717, 1.165) is 12.1 Å². The molecule has 0 N–H and O–H groups in total. The van der Waals surface area contributed by atoms with Crippen LogP contribution in [0.5, 0.6) is 0 Å². The largest absolute Gasteiger partial charge is 0.383 e. The average Bonchev–Trinajstić information content (AvgIpc) is 3.37. The molecule has 1 aliphatic rings. The Morgan fingerprint density at radius 1 is 1.35 bits per heavy atom. The fraction of sp³-hybridized carbons (Fsp3) is 0.556. The van der Waals surface area contributed by atoms with Crippen LogP contribution in [0.2, 0.25) is 0 Å². The van der Waals surface area contributed by atoms with E-state index in [1.165, 1.54) is 12.8 Å². The highest BCUT2D eigenvalue weighted by atomic mass is 16.5. The number of ether oxygens (including phenoxy) is 1. The molecule has 0 spiro atoms. The number of methoxy groups -OCH3 is 1. The third-order valence-electron chi connectivity index (χ3n) is 4.11. The second-order valence-corrected chi connectivity index (χ2v) is 6.23. The summed E-state index contributed by atoms with van der Waals surface area (Å²) in [4.78, 5) is 16.3. The first-order chi connectivity index (χ1) is 11.1. The van der Waals surface area contributed by atoms with Gasteiger partial charge in [0, 0.05) is 33.8 Å². The molecular weight excluding hydrogens is 290 g/mol. The summed E-state index contributed by atoms with van der Waals surface area (Å²) in [5.41, 5.74) is 1.75. The minimum atomic E-state index is 0.154. The Kier molecular flexibility index (Phi) is 6.57. The zero-order chi connectivity index (χ0) is 16.7. The van der Waals surface area contributed by atoms with Gasteiger partial charge in [0.1, 0.15) is 0 Å². The number of hydrogen-bond acceptors (Lipinski definition) is 4. The third-order valence-corrected chi connectivity index (χ3v) is 4.11. The number of hydrogen-bond donors (Lipinski definition) is 0. The predicted octanol–water partition coefficient (Wildman–Crippen LogP) is 1.88. The van der Waals surface area contributed by atoms with E-state index >= 15 is 0 Å². The summed E-state index contributed by atoms with van der Waals surface area (Å²) in [5.74, 6) is 0.858. The highest BCUT2D eigenvalue weighted by Crippen LogP contribution is 2.29. The molecule has 0 saturated heterocycles. The Labute approximate surface area is 138 Å². The normalized spacial score (nSPS) is 13.8. The minimum Gasteiger partial charge on any atom is -0.383 e. The first kappa shape index (κ1) is 17.5. The van der Waals surface area contributed by atoms with Crippen molar-refractivity contribution in [1.29, 1.82) is 5.26 Å². The van der Waals surface area contributed by atoms with Gasteiger partial charge in [-0.05, 0) is 36.5 Å². The molecule has 0 atom stereocenters. The van der Waals surface area contributed by atoms with Crippen molar-refractivity contribution in [1.82, 2.24) is 9.80 Å². The van der Waals surface area contributed by atoms with Crippen LogP contribution in [-0.2, 0) is 16.1 Å². The Bertz CT molecular complexity index is 546. The van der Waals surface area contributed by atoms with E-state index in [4.69, 9.17) is 10.00 Å². The number of nitriles is 1. The van der Waals surface area contributed by atoms with E-state index in [0.29, 0.717) is 37.7 Å². The van der Waals surface area contributed by atoms with Crippen molar-refractivity contribution in [2.24, 2.45) is 5.92 Å². The van der Waals surface area contributed by atoms with Gasteiger partial charge in [0.25, 0.3) is 0 Å². The molecule has 0 radical (unpaired) electrons. The van der Waals surface area contributed by atoms with Crippen LogP contribution in [0.25, 0.3) is 0 Å². The van der Waals surface area contributed by atoms with Crippen molar-refractivity contribution in [3.63, 3.8) is 0 Å². The van der Waals surface area contributed by atoms with E-state index in [-0.39, 0.29) is 5.91 Å². The van der Waals surface area contributed by atoms with Crippen molar-refractivity contribution in [3.8, 4) is 6.07 Å². The van der Waals surface area contributed by atoms with Gasteiger partial charge >= 0.3 is 0 Å². The molecule has 1 saturated carbocycles. The summed E-state index contributed by atoms with van der Waals surface area (Å²) >= 11 is 0. The fourth-order valence-electron chi connectivity index (χ4n) is 2.48. The van der Waals surface area contributed by atoms with E-state index in [2.05, 4.69) is 11.0 Å². The number of carbonyl (C=O) groups is 1. The molecule has 1 fully saturated rings. The van der Waals surface area contributed by atoms with Gasteiger partial charge in [-0.15, -0.1) is 0 Å². The average molecular weight is 315 g/mol. The van der Waals surface area contributed by atoms with Gasteiger partial charge in [0.05, 0.1) is 24.8 Å². The lowest BCUT2D eigenvalue weighted by Gasteiger charge is -2.25. The maximum absolute atomic E-state index is 12.4. The molecule has 2 rings (SSSR count).